The first kappa shape index (κ1) is 19.3. The number of carbonyl (C=O) groups is 3. The molecule has 28 heavy (non-hydrogen) atoms. The highest BCUT2D eigenvalue weighted by molar-refractivity contribution is 7.18. The molecular formula is C20H17N3O4S. The molecule has 0 atom stereocenters. The molecule has 1 aromatic carbocycles. The summed E-state index contributed by atoms with van der Waals surface area (Å²) in [7, 11) is 0. The molecule has 3 rings (SSSR count). The van der Waals surface area contributed by atoms with Crippen molar-refractivity contribution in [2.75, 3.05) is 11.9 Å². The Balaban J connectivity index is 1.86. The molecule has 0 aliphatic rings. The second kappa shape index (κ2) is 8.06. The summed E-state index contributed by atoms with van der Waals surface area (Å²) in [5.41, 5.74) is 1.98. The minimum Gasteiger partial charge on any atom is -0.462 e. The Labute approximate surface area is 165 Å². The lowest BCUT2D eigenvalue weighted by Gasteiger charge is -2.06. The molecule has 0 saturated carbocycles. The largest absolute Gasteiger partial charge is 0.462 e. The number of fused-ring (bicyclic) bond motifs is 1. The number of aldehydes is 1. The molecule has 1 N–H and O–H groups in total. The van der Waals surface area contributed by atoms with E-state index in [1.807, 2.05) is 30.3 Å². The number of aromatic nitrogens is 1. The third kappa shape index (κ3) is 3.52. The van der Waals surface area contributed by atoms with Gasteiger partial charge in [0.05, 0.1) is 12.2 Å². The van der Waals surface area contributed by atoms with Crippen molar-refractivity contribution in [1.29, 1.82) is 5.26 Å². The molecule has 1 amide bonds. The van der Waals surface area contributed by atoms with Gasteiger partial charge in [0.1, 0.15) is 22.5 Å². The summed E-state index contributed by atoms with van der Waals surface area (Å²) < 4.78 is 6.67. The van der Waals surface area contributed by atoms with Gasteiger partial charge in [-0.05, 0) is 25.5 Å². The van der Waals surface area contributed by atoms with Crippen LogP contribution in [0.15, 0.2) is 30.5 Å². The van der Waals surface area contributed by atoms with E-state index in [1.54, 1.807) is 24.6 Å². The average Bonchev–Trinajstić information content (AvgIpc) is 3.19. The number of rotatable bonds is 6. The first-order chi connectivity index (χ1) is 13.5. The Morgan fingerprint density at radius 1 is 1.36 bits per heavy atom. The van der Waals surface area contributed by atoms with Gasteiger partial charge in [-0.1, -0.05) is 18.2 Å². The topological polar surface area (TPSA) is 101 Å². The fraction of sp³-hybridized carbons (Fsp3) is 0.200. The van der Waals surface area contributed by atoms with Crippen LogP contribution in [-0.4, -0.2) is 29.3 Å². The van der Waals surface area contributed by atoms with Crippen LogP contribution in [0.4, 0.5) is 5.00 Å². The number of nitrogens with zero attached hydrogens (tertiary/aromatic N) is 2. The maximum atomic E-state index is 12.6. The van der Waals surface area contributed by atoms with Crippen LogP contribution in [0.25, 0.3) is 10.9 Å². The highest BCUT2D eigenvalue weighted by atomic mass is 32.1. The number of hydrogen-bond donors (Lipinski definition) is 1. The van der Waals surface area contributed by atoms with E-state index in [9.17, 15) is 19.6 Å². The van der Waals surface area contributed by atoms with Crippen molar-refractivity contribution in [3.8, 4) is 6.07 Å². The monoisotopic (exact) mass is 395 g/mol. The molecule has 0 aliphatic heterocycles. The molecule has 3 aromatic rings. The van der Waals surface area contributed by atoms with Gasteiger partial charge in [0, 0.05) is 22.7 Å². The Morgan fingerprint density at radius 3 is 2.79 bits per heavy atom. The summed E-state index contributed by atoms with van der Waals surface area (Å²) in [6.45, 7) is 3.53. The zero-order valence-corrected chi connectivity index (χ0v) is 16.1. The van der Waals surface area contributed by atoms with Crippen LogP contribution >= 0.6 is 11.3 Å². The van der Waals surface area contributed by atoms with E-state index in [2.05, 4.69) is 5.32 Å². The number of para-hydroxylation sites is 1. The zero-order valence-electron chi connectivity index (χ0n) is 15.3. The molecular weight excluding hydrogens is 378 g/mol. The van der Waals surface area contributed by atoms with Gasteiger partial charge in [0.2, 0.25) is 5.91 Å². The van der Waals surface area contributed by atoms with Gasteiger partial charge < -0.3 is 14.6 Å². The second-order valence-electron chi connectivity index (χ2n) is 5.99. The normalized spacial score (nSPS) is 10.5. The van der Waals surface area contributed by atoms with Crippen LogP contribution in [0.5, 0.6) is 0 Å². The van der Waals surface area contributed by atoms with Gasteiger partial charge in [0.15, 0.2) is 6.29 Å². The van der Waals surface area contributed by atoms with Gasteiger partial charge in [-0.3, -0.25) is 9.59 Å². The van der Waals surface area contributed by atoms with Crippen LogP contribution in [-0.2, 0) is 16.1 Å². The average molecular weight is 395 g/mol. The molecule has 0 bridgehead atoms. The molecule has 8 heteroatoms. The molecule has 2 heterocycles. The molecule has 0 radical (unpaired) electrons. The minimum absolute atomic E-state index is 0.0368. The Hall–Kier alpha value is -3.44. The predicted octanol–water partition coefficient (Wildman–Crippen LogP) is 3.51. The van der Waals surface area contributed by atoms with E-state index in [4.69, 9.17) is 4.74 Å². The number of nitriles is 1. The fourth-order valence-electron chi connectivity index (χ4n) is 2.95. The standard InChI is InChI=1S/C20H17N3O4S/c1-3-27-20(26)18-12(2)15(8-21)19(28-18)22-17(25)10-23-9-13(11-24)14-6-4-5-7-16(14)23/h4-7,9,11H,3,10H2,1-2H3,(H,22,25). The van der Waals surface area contributed by atoms with Crippen molar-refractivity contribution in [3.63, 3.8) is 0 Å². The predicted molar refractivity (Wildman–Crippen MR) is 106 cm³/mol. The Kier molecular flexibility index (Phi) is 5.57. The van der Waals surface area contributed by atoms with E-state index < -0.39 is 5.97 Å². The number of esters is 1. The number of benzene rings is 1. The van der Waals surface area contributed by atoms with Gasteiger partial charge >= 0.3 is 5.97 Å². The van der Waals surface area contributed by atoms with Crippen molar-refractivity contribution in [2.24, 2.45) is 0 Å². The van der Waals surface area contributed by atoms with E-state index in [0.717, 1.165) is 28.5 Å². The van der Waals surface area contributed by atoms with Crippen molar-refractivity contribution < 1.29 is 19.1 Å². The summed E-state index contributed by atoms with van der Waals surface area (Å²) in [5.74, 6) is -0.889. The summed E-state index contributed by atoms with van der Waals surface area (Å²) in [4.78, 5) is 36.2. The number of anilines is 1. The van der Waals surface area contributed by atoms with Crippen LogP contribution in [0.2, 0.25) is 0 Å². The van der Waals surface area contributed by atoms with Crippen LogP contribution < -0.4 is 5.32 Å². The summed E-state index contributed by atoms with van der Waals surface area (Å²) in [5, 5.41) is 13.2. The van der Waals surface area contributed by atoms with Crippen molar-refractivity contribution in [3.05, 3.63) is 52.0 Å². The minimum atomic E-state index is -0.519. The number of thiophene rings is 1. The molecule has 0 saturated heterocycles. The van der Waals surface area contributed by atoms with Crippen LogP contribution in [0.3, 0.4) is 0 Å². The lowest BCUT2D eigenvalue weighted by Crippen LogP contribution is -2.18. The molecule has 0 aliphatic carbocycles. The first-order valence-corrected chi connectivity index (χ1v) is 9.35. The molecule has 142 valence electrons. The molecule has 2 aromatic heterocycles. The van der Waals surface area contributed by atoms with E-state index in [1.165, 1.54) is 0 Å². The third-order valence-electron chi connectivity index (χ3n) is 4.23. The van der Waals surface area contributed by atoms with E-state index >= 15 is 0 Å². The Morgan fingerprint density at radius 2 is 2.11 bits per heavy atom. The highest BCUT2D eigenvalue weighted by Crippen LogP contribution is 2.33. The number of carbonyl (C=O) groups excluding carboxylic acids is 3. The Bertz CT molecular complexity index is 1120. The van der Waals surface area contributed by atoms with Crippen molar-refractivity contribution in [1.82, 2.24) is 4.57 Å². The van der Waals surface area contributed by atoms with Crippen LogP contribution in [0, 0.1) is 18.3 Å². The first-order valence-electron chi connectivity index (χ1n) is 8.53. The second-order valence-corrected chi connectivity index (χ2v) is 7.01. The lowest BCUT2D eigenvalue weighted by molar-refractivity contribution is -0.116. The van der Waals surface area contributed by atoms with Crippen molar-refractivity contribution >= 4 is 45.4 Å². The molecule has 7 nitrogen and oxygen atoms in total. The maximum absolute atomic E-state index is 12.6. The summed E-state index contributed by atoms with van der Waals surface area (Å²) in [6, 6.07) is 9.32. The molecule has 0 unspecified atom stereocenters. The SMILES string of the molecule is CCOC(=O)c1sc(NC(=O)Cn2cc(C=O)c3ccccc32)c(C#N)c1C. The smallest absolute Gasteiger partial charge is 0.348 e. The van der Waals surface area contributed by atoms with Gasteiger partial charge in [-0.25, -0.2) is 4.79 Å². The zero-order chi connectivity index (χ0) is 20.3. The summed E-state index contributed by atoms with van der Waals surface area (Å²) >= 11 is 1.02. The van der Waals surface area contributed by atoms with Gasteiger partial charge in [0.25, 0.3) is 0 Å². The number of nitrogens with one attached hydrogen (secondary N) is 1. The van der Waals surface area contributed by atoms with Gasteiger partial charge in [-0.2, -0.15) is 5.26 Å². The highest BCUT2D eigenvalue weighted by Gasteiger charge is 2.22. The summed E-state index contributed by atoms with van der Waals surface area (Å²) in [6.07, 6.45) is 2.37. The number of hydrogen-bond acceptors (Lipinski definition) is 6. The van der Waals surface area contributed by atoms with E-state index in [0.29, 0.717) is 21.0 Å². The van der Waals surface area contributed by atoms with Gasteiger partial charge in [-0.15, -0.1) is 11.3 Å². The third-order valence-corrected chi connectivity index (χ3v) is 5.42. The lowest BCUT2D eigenvalue weighted by atomic mass is 10.2. The molecule has 0 spiro atoms. The van der Waals surface area contributed by atoms with E-state index in [-0.39, 0.29) is 24.6 Å². The fourth-order valence-corrected chi connectivity index (χ4v) is 4.02. The maximum Gasteiger partial charge on any atom is 0.348 e. The van der Waals surface area contributed by atoms with Crippen molar-refractivity contribution in [2.45, 2.75) is 20.4 Å². The molecule has 0 fully saturated rings. The number of amides is 1. The van der Waals surface area contributed by atoms with Crippen LogP contribution in [0.1, 0.15) is 38.1 Å². The quantitative estimate of drug-likeness (QED) is 0.508. The number of ether oxygens (including phenoxy) is 1.